The summed E-state index contributed by atoms with van der Waals surface area (Å²) in [5.74, 6) is 0. The lowest BCUT2D eigenvalue weighted by molar-refractivity contribution is -0.797. The number of rotatable bonds is 18. The summed E-state index contributed by atoms with van der Waals surface area (Å²) in [6.07, 6.45) is 23.6. The average molecular weight is 325 g/mol. The van der Waals surface area contributed by atoms with Crippen molar-refractivity contribution >= 4 is 0 Å². The van der Waals surface area contributed by atoms with Crippen molar-refractivity contribution in [2.24, 2.45) is 0 Å². The molecule has 0 aromatic rings. The van der Waals surface area contributed by atoms with E-state index >= 15 is 0 Å². The van der Waals surface area contributed by atoms with Gasteiger partial charge in [-0.2, -0.15) is 0 Å². The average Bonchev–Trinajstić information content (AvgIpc) is 3.35. The molecule has 0 atom stereocenters. The molecule has 1 saturated heterocycles. The first-order valence-electron chi connectivity index (χ1n) is 11.2. The molecule has 23 heavy (non-hydrogen) atoms. The molecule has 1 nitrogen and oxygen atoms in total. The lowest BCUT2D eigenvalue weighted by atomic mass is 10.0. The van der Waals surface area contributed by atoms with Crippen LogP contribution in [0.4, 0.5) is 0 Å². The lowest BCUT2D eigenvalue weighted by Crippen LogP contribution is -2.26. The van der Waals surface area contributed by atoms with Crippen LogP contribution in [0.15, 0.2) is 0 Å². The zero-order chi connectivity index (χ0) is 16.6. The van der Waals surface area contributed by atoms with Crippen molar-refractivity contribution in [2.45, 2.75) is 117 Å². The number of quaternary nitrogens is 1. The van der Waals surface area contributed by atoms with E-state index in [9.17, 15) is 0 Å². The molecule has 1 aliphatic heterocycles. The number of hydrogen-bond acceptors (Lipinski definition) is 0. The first kappa shape index (κ1) is 21.0. The van der Waals surface area contributed by atoms with Gasteiger partial charge in [0.1, 0.15) is 13.1 Å². The summed E-state index contributed by atoms with van der Waals surface area (Å²) in [6.45, 7) is 10.4. The Morgan fingerprint density at radius 2 is 0.826 bits per heavy atom. The standard InChI is InChI=1S/C22H46N/c1-3-5-6-7-8-9-10-11-12-13-14-15-16-17-18-19-20-23(4-2)21-22-23/h3-22H2,1-2H3/q+1. The fourth-order valence-corrected chi connectivity index (χ4v) is 3.83. The molecule has 138 valence electrons. The van der Waals surface area contributed by atoms with Gasteiger partial charge >= 0.3 is 0 Å². The van der Waals surface area contributed by atoms with Gasteiger partial charge in [-0.1, -0.05) is 96.8 Å². The second kappa shape index (κ2) is 14.3. The Kier molecular flexibility index (Phi) is 13.1. The van der Waals surface area contributed by atoms with Crippen molar-refractivity contribution in [1.82, 2.24) is 0 Å². The quantitative estimate of drug-likeness (QED) is 0.143. The van der Waals surface area contributed by atoms with Crippen LogP contribution in [0.5, 0.6) is 0 Å². The van der Waals surface area contributed by atoms with E-state index in [0.29, 0.717) is 0 Å². The van der Waals surface area contributed by atoms with Gasteiger partial charge in [-0.3, -0.25) is 0 Å². The largest absolute Gasteiger partial charge is 0.315 e. The summed E-state index contributed by atoms with van der Waals surface area (Å²) >= 11 is 0. The minimum absolute atomic E-state index is 1.37. The fourth-order valence-electron chi connectivity index (χ4n) is 3.83. The van der Waals surface area contributed by atoms with E-state index in [1.54, 1.807) is 0 Å². The highest BCUT2D eigenvalue weighted by Gasteiger charge is 2.38. The van der Waals surface area contributed by atoms with E-state index in [1.165, 1.54) is 133 Å². The van der Waals surface area contributed by atoms with E-state index in [-0.39, 0.29) is 0 Å². The molecule has 0 amide bonds. The Morgan fingerprint density at radius 3 is 1.13 bits per heavy atom. The van der Waals surface area contributed by atoms with Crippen LogP contribution in [0.25, 0.3) is 0 Å². The predicted molar refractivity (Wildman–Crippen MR) is 105 cm³/mol. The maximum atomic E-state index is 2.36. The zero-order valence-corrected chi connectivity index (χ0v) is 16.6. The van der Waals surface area contributed by atoms with Crippen molar-refractivity contribution in [1.29, 1.82) is 0 Å². The normalized spacial score (nSPS) is 15.9. The van der Waals surface area contributed by atoms with Gasteiger partial charge in [-0.25, -0.2) is 0 Å². The number of nitrogens with zero attached hydrogens (tertiary/aromatic N) is 1. The van der Waals surface area contributed by atoms with Crippen molar-refractivity contribution < 1.29 is 4.48 Å². The first-order valence-corrected chi connectivity index (χ1v) is 11.2. The second-order valence-electron chi connectivity index (χ2n) is 8.13. The molecule has 1 rings (SSSR count). The number of unbranched alkanes of at least 4 members (excludes halogenated alkanes) is 15. The molecule has 1 heteroatoms. The second-order valence-corrected chi connectivity index (χ2v) is 8.13. The maximum Gasteiger partial charge on any atom is 0.129 e. The summed E-state index contributed by atoms with van der Waals surface area (Å²) in [5, 5.41) is 0. The molecule has 0 unspecified atom stereocenters. The molecule has 0 aromatic heterocycles. The molecule has 0 aromatic carbocycles. The Morgan fingerprint density at radius 1 is 0.478 bits per heavy atom. The molecule has 0 N–H and O–H groups in total. The van der Waals surface area contributed by atoms with Gasteiger partial charge in [0, 0.05) is 0 Å². The van der Waals surface area contributed by atoms with Crippen molar-refractivity contribution in [3.63, 3.8) is 0 Å². The summed E-state index contributed by atoms with van der Waals surface area (Å²) in [5.41, 5.74) is 0. The van der Waals surface area contributed by atoms with E-state index in [0.717, 1.165) is 0 Å². The van der Waals surface area contributed by atoms with E-state index in [2.05, 4.69) is 13.8 Å². The predicted octanol–water partition coefficient (Wildman–Crippen LogP) is 7.10. The Hall–Kier alpha value is -0.0400. The first-order chi connectivity index (χ1) is 11.3. The van der Waals surface area contributed by atoms with Crippen molar-refractivity contribution in [2.75, 3.05) is 26.2 Å². The third-order valence-electron chi connectivity index (χ3n) is 6.01. The van der Waals surface area contributed by atoms with Crippen LogP contribution in [-0.4, -0.2) is 30.7 Å². The van der Waals surface area contributed by atoms with E-state index < -0.39 is 0 Å². The molecular formula is C22H46N+. The van der Waals surface area contributed by atoms with E-state index in [1.807, 2.05) is 0 Å². The smallest absolute Gasteiger partial charge is 0.129 e. The van der Waals surface area contributed by atoms with Gasteiger partial charge in [0.25, 0.3) is 0 Å². The Bertz CT molecular complexity index is 244. The molecule has 0 bridgehead atoms. The van der Waals surface area contributed by atoms with E-state index in [4.69, 9.17) is 0 Å². The molecule has 0 radical (unpaired) electrons. The monoisotopic (exact) mass is 324 g/mol. The highest BCUT2D eigenvalue weighted by atomic mass is 15.5. The Balaban J connectivity index is 1.66. The topological polar surface area (TPSA) is 0 Å². The van der Waals surface area contributed by atoms with Crippen LogP contribution < -0.4 is 0 Å². The van der Waals surface area contributed by atoms with Gasteiger partial charge in [0.2, 0.25) is 0 Å². The van der Waals surface area contributed by atoms with Gasteiger partial charge < -0.3 is 4.48 Å². The molecule has 1 aliphatic rings. The van der Waals surface area contributed by atoms with Crippen LogP contribution in [-0.2, 0) is 0 Å². The summed E-state index contributed by atoms with van der Waals surface area (Å²) in [4.78, 5) is 0. The van der Waals surface area contributed by atoms with Crippen LogP contribution >= 0.6 is 0 Å². The van der Waals surface area contributed by atoms with Crippen molar-refractivity contribution in [3.05, 3.63) is 0 Å². The van der Waals surface area contributed by atoms with Gasteiger partial charge in [-0.15, -0.1) is 0 Å². The minimum Gasteiger partial charge on any atom is -0.315 e. The number of likely N-dealkylation sites (N-methyl/N-ethyl adjacent to an activating group) is 1. The Labute approximate surface area is 147 Å². The third-order valence-corrected chi connectivity index (χ3v) is 6.01. The molecule has 1 heterocycles. The molecule has 0 aliphatic carbocycles. The number of hydrogen-bond donors (Lipinski definition) is 0. The SMILES string of the molecule is CCCCCCCCCCCCCCCCCC[N+]1(CC)CC1. The van der Waals surface area contributed by atoms with Crippen molar-refractivity contribution in [3.8, 4) is 0 Å². The molecule has 1 fully saturated rings. The lowest BCUT2D eigenvalue weighted by Gasteiger charge is -2.15. The zero-order valence-electron chi connectivity index (χ0n) is 16.6. The maximum absolute atomic E-state index is 2.36. The molecular weight excluding hydrogens is 278 g/mol. The van der Waals surface area contributed by atoms with Crippen LogP contribution in [0.2, 0.25) is 0 Å². The minimum atomic E-state index is 1.37. The van der Waals surface area contributed by atoms with Crippen LogP contribution in [0.1, 0.15) is 117 Å². The van der Waals surface area contributed by atoms with Gasteiger partial charge in [0.15, 0.2) is 0 Å². The summed E-state index contributed by atoms with van der Waals surface area (Å²) in [6, 6.07) is 0. The fraction of sp³-hybridized carbons (Fsp3) is 1.00. The highest BCUT2D eigenvalue weighted by molar-refractivity contribution is 4.56. The summed E-state index contributed by atoms with van der Waals surface area (Å²) < 4.78 is 1.44. The van der Waals surface area contributed by atoms with Crippen LogP contribution in [0.3, 0.4) is 0 Å². The third kappa shape index (κ3) is 12.0. The molecule has 0 spiro atoms. The summed E-state index contributed by atoms with van der Waals surface area (Å²) in [7, 11) is 0. The molecule has 0 saturated carbocycles. The van der Waals surface area contributed by atoms with Gasteiger partial charge in [0.05, 0.1) is 13.1 Å². The van der Waals surface area contributed by atoms with Gasteiger partial charge in [-0.05, 0) is 19.8 Å². The van der Waals surface area contributed by atoms with Crippen LogP contribution in [0, 0.1) is 0 Å². The highest BCUT2D eigenvalue weighted by Crippen LogP contribution is 2.22.